The maximum atomic E-state index is 13.5. The molecule has 1 unspecified atom stereocenters. The molecule has 1 atom stereocenters. The molecule has 0 fully saturated rings. The third kappa shape index (κ3) is 5.08. The van der Waals surface area contributed by atoms with Crippen LogP contribution >= 0.6 is 0 Å². The summed E-state index contributed by atoms with van der Waals surface area (Å²) in [6.45, 7) is 0. The quantitative estimate of drug-likeness (QED) is 0.405. The summed E-state index contributed by atoms with van der Waals surface area (Å²) < 4.78 is 32.0. The average molecular weight is 356 g/mol. The number of halogens is 1. The zero-order valence-corrected chi connectivity index (χ0v) is 13.9. The molecular weight excluding hydrogens is 339 g/mol. The molecule has 1 aromatic carbocycles. The van der Waals surface area contributed by atoms with Crippen LogP contribution in [0.3, 0.4) is 0 Å². The Morgan fingerprint density at radius 1 is 0.960 bits per heavy atom. The lowest BCUT2D eigenvalue weighted by molar-refractivity contribution is -0.177. The third-order valence-electron chi connectivity index (χ3n) is 3.34. The lowest BCUT2D eigenvalue weighted by atomic mass is 9.95. The minimum absolute atomic E-state index is 0.454. The zero-order chi connectivity index (χ0) is 19.0. The van der Waals surface area contributed by atoms with Crippen molar-refractivity contribution in [3.8, 4) is 0 Å². The van der Waals surface area contributed by atoms with Crippen LogP contribution in [-0.4, -0.2) is 50.8 Å². The topological polar surface area (TPSA) is 105 Å². The van der Waals surface area contributed by atoms with Gasteiger partial charge in [-0.15, -0.1) is 0 Å². The summed E-state index contributed by atoms with van der Waals surface area (Å²) in [6.07, 6.45) is -1.46. The molecule has 0 aromatic heterocycles. The van der Waals surface area contributed by atoms with Gasteiger partial charge >= 0.3 is 23.9 Å². The summed E-state index contributed by atoms with van der Waals surface area (Å²) in [6, 6.07) is 4.89. The minimum Gasteiger partial charge on any atom is -0.469 e. The van der Waals surface area contributed by atoms with Crippen molar-refractivity contribution in [3.05, 3.63) is 35.6 Å². The summed E-state index contributed by atoms with van der Waals surface area (Å²) >= 11 is 0. The van der Waals surface area contributed by atoms with E-state index in [-0.39, 0.29) is 0 Å². The summed E-state index contributed by atoms with van der Waals surface area (Å²) in [5, 5.41) is 0. The molecule has 0 saturated heterocycles. The van der Waals surface area contributed by atoms with Gasteiger partial charge in [-0.05, 0) is 12.1 Å². The molecule has 9 heteroatoms. The number of methoxy groups -OCH3 is 3. The van der Waals surface area contributed by atoms with Gasteiger partial charge in [-0.1, -0.05) is 12.1 Å². The average Bonchev–Trinajstić information content (AvgIpc) is 2.60. The highest BCUT2D eigenvalue weighted by Gasteiger charge is 2.45. The summed E-state index contributed by atoms with van der Waals surface area (Å²) in [7, 11) is 3.19. The number of carbonyl (C=O) groups excluding carboxylic acids is 4. The molecule has 25 heavy (non-hydrogen) atoms. The van der Waals surface area contributed by atoms with Crippen molar-refractivity contribution in [2.45, 2.75) is 18.4 Å². The lowest BCUT2D eigenvalue weighted by Crippen LogP contribution is -2.46. The van der Waals surface area contributed by atoms with Gasteiger partial charge in [-0.25, -0.2) is 14.0 Å². The molecule has 0 radical (unpaired) electrons. The van der Waals surface area contributed by atoms with E-state index in [4.69, 9.17) is 4.74 Å². The molecule has 8 nitrogen and oxygen atoms in total. The molecule has 0 N–H and O–H groups in total. The number of hydrogen-bond donors (Lipinski definition) is 0. The number of benzene rings is 1. The van der Waals surface area contributed by atoms with Gasteiger partial charge in [-0.2, -0.15) is 0 Å². The fourth-order valence-corrected chi connectivity index (χ4v) is 1.98. The molecule has 0 aliphatic heterocycles. The predicted octanol–water partition coefficient (Wildman–Crippen LogP) is 1.02. The van der Waals surface area contributed by atoms with E-state index in [0.29, 0.717) is 0 Å². The van der Waals surface area contributed by atoms with Crippen molar-refractivity contribution in [3.63, 3.8) is 0 Å². The van der Waals surface area contributed by atoms with E-state index in [9.17, 15) is 23.6 Å². The van der Waals surface area contributed by atoms with E-state index in [1.165, 1.54) is 12.1 Å². The van der Waals surface area contributed by atoms with Crippen LogP contribution in [0.4, 0.5) is 4.39 Å². The van der Waals surface area contributed by atoms with Crippen LogP contribution in [0, 0.1) is 5.82 Å². The zero-order valence-electron chi connectivity index (χ0n) is 13.9. The van der Waals surface area contributed by atoms with Crippen molar-refractivity contribution in [1.82, 2.24) is 0 Å². The fraction of sp³-hybridized carbons (Fsp3) is 0.375. The summed E-state index contributed by atoms with van der Waals surface area (Å²) in [5.74, 6) is -5.20. The van der Waals surface area contributed by atoms with Crippen molar-refractivity contribution in [2.75, 3.05) is 21.3 Å². The summed E-state index contributed by atoms with van der Waals surface area (Å²) in [4.78, 5) is 47.3. The van der Waals surface area contributed by atoms with Crippen LogP contribution in [0.15, 0.2) is 24.3 Å². The minimum atomic E-state index is -2.03. The Labute approximate surface area is 142 Å². The van der Waals surface area contributed by atoms with E-state index in [0.717, 1.165) is 33.5 Å². The van der Waals surface area contributed by atoms with Gasteiger partial charge in [0.05, 0.1) is 32.6 Å². The first-order chi connectivity index (χ1) is 11.8. The van der Waals surface area contributed by atoms with Crippen LogP contribution in [0.25, 0.3) is 0 Å². The molecule has 0 amide bonds. The third-order valence-corrected chi connectivity index (χ3v) is 3.34. The van der Waals surface area contributed by atoms with Crippen LogP contribution in [0.2, 0.25) is 0 Å². The highest BCUT2D eigenvalue weighted by molar-refractivity contribution is 5.99. The molecule has 0 aliphatic carbocycles. The molecule has 0 heterocycles. The van der Waals surface area contributed by atoms with Gasteiger partial charge < -0.3 is 18.9 Å². The van der Waals surface area contributed by atoms with Crippen LogP contribution < -0.4 is 0 Å². The van der Waals surface area contributed by atoms with Gasteiger partial charge in [0, 0.05) is 7.11 Å². The lowest BCUT2D eigenvalue weighted by Gasteiger charge is -2.27. The Balaban J connectivity index is 2.94. The largest absolute Gasteiger partial charge is 0.469 e. The van der Waals surface area contributed by atoms with E-state index in [2.05, 4.69) is 14.2 Å². The van der Waals surface area contributed by atoms with Crippen LogP contribution in [-0.2, 0) is 33.3 Å². The van der Waals surface area contributed by atoms with Gasteiger partial charge in [0.15, 0.2) is 5.60 Å². The Morgan fingerprint density at radius 3 is 2.08 bits per heavy atom. The highest BCUT2D eigenvalue weighted by atomic mass is 19.1. The predicted molar refractivity (Wildman–Crippen MR) is 79.8 cm³/mol. The Kier molecular flexibility index (Phi) is 7.19. The van der Waals surface area contributed by atoms with Gasteiger partial charge in [0.25, 0.3) is 0 Å². The molecular formula is C16H17FO8. The molecule has 1 rings (SSSR count). The monoisotopic (exact) mass is 356 g/mol. The number of rotatable bonds is 7. The van der Waals surface area contributed by atoms with Crippen LogP contribution in [0.5, 0.6) is 0 Å². The summed E-state index contributed by atoms with van der Waals surface area (Å²) in [5.41, 5.74) is -2.49. The first kappa shape index (κ1) is 20.2. The van der Waals surface area contributed by atoms with Gasteiger partial charge in [0.1, 0.15) is 5.82 Å². The first-order valence-electron chi connectivity index (χ1n) is 6.99. The highest BCUT2D eigenvalue weighted by Crippen LogP contribution is 2.24. The molecule has 0 aliphatic rings. The van der Waals surface area contributed by atoms with Crippen molar-refractivity contribution in [1.29, 1.82) is 0 Å². The molecule has 136 valence electrons. The molecule has 0 bridgehead atoms. The second kappa shape index (κ2) is 8.88. The number of ether oxygens (including phenoxy) is 4. The van der Waals surface area contributed by atoms with Crippen molar-refractivity contribution in [2.24, 2.45) is 0 Å². The maximum Gasteiger partial charge on any atom is 0.348 e. The normalized spacial score (nSPS) is 12.6. The second-order valence-corrected chi connectivity index (χ2v) is 4.86. The van der Waals surface area contributed by atoms with E-state index >= 15 is 0 Å². The first-order valence-corrected chi connectivity index (χ1v) is 6.99. The van der Waals surface area contributed by atoms with Crippen molar-refractivity contribution < 1.29 is 42.5 Å². The van der Waals surface area contributed by atoms with Gasteiger partial charge in [0.2, 0.25) is 0 Å². The smallest absolute Gasteiger partial charge is 0.348 e. The van der Waals surface area contributed by atoms with Gasteiger partial charge in [-0.3, -0.25) is 9.59 Å². The molecule has 0 spiro atoms. The van der Waals surface area contributed by atoms with Crippen molar-refractivity contribution >= 4 is 23.9 Å². The van der Waals surface area contributed by atoms with E-state index in [1.54, 1.807) is 0 Å². The Bertz CT molecular complexity index is 672. The SMILES string of the molecule is COC(=O)CC(CC(=O)OC(=O)c1ccccc1F)(OC)C(=O)OC. The van der Waals surface area contributed by atoms with Crippen LogP contribution in [0.1, 0.15) is 23.2 Å². The fourth-order valence-electron chi connectivity index (χ4n) is 1.98. The Morgan fingerprint density at radius 2 is 1.56 bits per heavy atom. The second-order valence-electron chi connectivity index (χ2n) is 4.86. The number of esters is 4. The maximum absolute atomic E-state index is 13.5. The molecule has 1 aromatic rings. The van der Waals surface area contributed by atoms with E-state index < -0.39 is 53.7 Å². The Hall–Kier alpha value is -2.81. The van der Waals surface area contributed by atoms with E-state index in [1.807, 2.05) is 0 Å². The number of carbonyl (C=O) groups is 4. The standard InChI is InChI=1S/C16H17FO8/c1-22-12(18)8-16(24-3,15(21)23-2)9-13(19)25-14(20)10-6-4-5-7-11(10)17/h4-7H,8-9H2,1-3H3. The molecule has 0 saturated carbocycles. The number of hydrogen-bond acceptors (Lipinski definition) is 8.